The zero-order chi connectivity index (χ0) is 14.7. The van der Waals surface area contributed by atoms with E-state index < -0.39 is 0 Å². The van der Waals surface area contributed by atoms with Crippen LogP contribution in [0.4, 0.5) is 5.69 Å². The highest BCUT2D eigenvalue weighted by Gasteiger charge is 2.12. The van der Waals surface area contributed by atoms with Gasteiger partial charge in [0.05, 0.1) is 5.75 Å². The minimum Gasteiger partial charge on any atom is -0.507 e. The van der Waals surface area contributed by atoms with Crippen molar-refractivity contribution in [3.63, 3.8) is 0 Å². The van der Waals surface area contributed by atoms with Gasteiger partial charge >= 0.3 is 0 Å². The number of phenols is 1. The highest BCUT2D eigenvalue weighted by atomic mass is 32.2. The average Bonchev–Trinajstić information content (AvgIpc) is 2.94. The van der Waals surface area contributed by atoms with Crippen molar-refractivity contribution in [1.29, 1.82) is 0 Å². The topological polar surface area (TPSA) is 49.3 Å². The molecule has 2 N–H and O–H groups in total. The van der Waals surface area contributed by atoms with Crippen molar-refractivity contribution in [2.24, 2.45) is 0 Å². The van der Waals surface area contributed by atoms with E-state index in [9.17, 15) is 9.90 Å². The maximum absolute atomic E-state index is 12.0. The van der Waals surface area contributed by atoms with Crippen LogP contribution in [0.5, 0.6) is 5.75 Å². The van der Waals surface area contributed by atoms with Crippen LogP contribution in [-0.4, -0.2) is 16.8 Å². The Bertz CT molecular complexity index is 670. The molecule has 0 spiro atoms. The van der Waals surface area contributed by atoms with Gasteiger partial charge in [-0.1, -0.05) is 18.2 Å². The lowest BCUT2D eigenvalue weighted by Crippen LogP contribution is -2.14. The van der Waals surface area contributed by atoms with Crippen molar-refractivity contribution >= 4 is 23.4 Å². The number of carbonyl (C=O) groups is 1. The van der Waals surface area contributed by atoms with Crippen molar-refractivity contribution in [1.82, 2.24) is 0 Å². The van der Waals surface area contributed by atoms with E-state index in [0.29, 0.717) is 0 Å². The number of phenolic OH excluding ortho intramolecular Hbond substituents is 1. The molecule has 0 unspecified atom stereocenters. The van der Waals surface area contributed by atoms with Crippen LogP contribution in [0.3, 0.4) is 0 Å². The van der Waals surface area contributed by atoms with Gasteiger partial charge in [0.2, 0.25) is 5.91 Å². The van der Waals surface area contributed by atoms with Gasteiger partial charge in [-0.25, -0.2) is 0 Å². The number of amides is 1. The van der Waals surface area contributed by atoms with E-state index in [-0.39, 0.29) is 17.4 Å². The molecule has 0 saturated heterocycles. The van der Waals surface area contributed by atoms with Gasteiger partial charge < -0.3 is 10.4 Å². The summed E-state index contributed by atoms with van der Waals surface area (Å²) in [5.41, 5.74) is 3.61. The fourth-order valence-corrected chi connectivity index (χ4v) is 3.32. The first-order valence-electron chi connectivity index (χ1n) is 7.05. The first-order valence-corrected chi connectivity index (χ1v) is 8.03. The average molecular weight is 299 g/mol. The molecule has 1 aliphatic rings. The number of anilines is 1. The normalized spacial score (nSPS) is 13.0. The number of hydrogen-bond acceptors (Lipinski definition) is 3. The van der Waals surface area contributed by atoms with E-state index in [1.54, 1.807) is 12.1 Å². The van der Waals surface area contributed by atoms with Gasteiger partial charge in [0.1, 0.15) is 5.75 Å². The molecule has 0 heterocycles. The summed E-state index contributed by atoms with van der Waals surface area (Å²) in [6.45, 7) is 0. The first kappa shape index (κ1) is 14.0. The number of carbonyl (C=O) groups excluding carboxylic acids is 1. The Morgan fingerprint density at radius 3 is 2.81 bits per heavy atom. The highest BCUT2D eigenvalue weighted by molar-refractivity contribution is 8.00. The lowest BCUT2D eigenvalue weighted by Gasteiger charge is -2.08. The Morgan fingerprint density at radius 2 is 1.95 bits per heavy atom. The Balaban J connectivity index is 1.58. The third-order valence-electron chi connectivity index (χ3n) is 3.61. The van der Waals surface area contributed by atoms with E-state index >= 15 is 0 Å². The first-order chi connectivity index (χ1) is 10.2. The fraction of sp³-hybridized carbons (Fsp3) is 0.235. The van der Waals surface area contributed by atoms with Gasteiger partial charge in [-0.15, -0.1) is 11.8 Å². The minimum atomic E-state index is -0.0544. The molecular weight excluding hydrogens is 282 g/mol. The fourth-order valence-electron chi connectivity index (χ4n) is 2.57. The number of para-hydroxylation sites is 1. The second kappa shape index (κ2) is 6.22. The van der Waals surface area contributed by atoms with Crippen molar-refractivity contribution < 1.29 is 9.90 Å². The third kappa shape index (κ3) is 3.39. The maximum atomic E-state index is 12.0. The quantitative estimate of drug-likeness (QED) is 0.848. The summed E-state index contributed by atoms with van der Waals surface area (Å²) in [7, 11) is 0. The number of benzene rings is 2. The van der Waals surface area contributed by atoms with Crippen molar-refractivity contribution in [3.8, 4) is 5.75 Å². The molecule has 0 saturated carbocycles. The zero-order valence-electron chi connectivity index (χ0n) is 11.6. The number of thioether (sulfide) groups is 1. The second-order valence-electron chi connectivity index (χ2n) is 5.14. The Morgan fingerprint density at radius 1 is 1.14 bits per heavy atom. The van der Waals surface area contributed by atoms with Crippen LogP contribution in [0.15, 0.2) is 47.4 Å². The van der Waals surface area contributed by atoms with Crippen molar-refractivity contribution in [3.05, 3.63) is 53.6 Å². The SMILES string of the molecule is O=C(CSc1ccccc1O)Nc1ccc2c(c1)CCC2. The van der Waals surface area contributed by atoms with Gasteiger partial charge in [0.25, 0.3) is 0 Å². The molecule has 2 aromatic rings. The summed E-state index contributed by atoms with van der Waals surface area (Å²) >= 11 is 1.34. The molecule has 1 amide bonds. The molecule has 0 aliphatic heterocycles. The van der Waals surface area contributed by atoms with E-state index in [2.05, 4.69) is 17.4 Å². The van der Waals surface area contributed by atoms with Crippen LogP contribution in [0.2, 0.25) is 0 Å². The van der Waals surface area contributed by atoms with E-state index in [1.807, 2.05) is 18.2 Å². The number of hydrogen-bond donors (Lipinski definition) is 2. The number of nitrogens with one attached hydrogen (secondary N) is 1. The summed E-state index contributed by atoms with van der Waals surface area (Å²) in [5.74, 6) is 0.448. The lowest BCUT2D eigenvalue weighted by atomic mass is 10.1. The zero-order valence-corrected chi connectivity index (χ0v) is 12.5. The van der Waals surface area contributed by atoms with Gasteiger partial charge in [-0.3, -0.25) is 4.79 Å². The summed E-state index contributed by atoms with van der Waals surface area (Å²) in [5, 5.41) is 12.6. The summed E-state index contributed by atoms with van der Waals surface area (Å²) in [6.07, 6.45) is 3.45. The molecule has 1 aliphatic carbocycles. The van der Waals surface area contributed by atoms with Crippen LogP contribution < -0.4 is 5.32 Å². The number of fused-ring (bicyclic) bond motifs is 1. The predicted octanol–water partition coefficient (Wildman–Crippen LogP) is 3.61. The molecule has 0 radical (unpaired) electrons. The summed E-state index contributed by atoms with van der Waals surface area (Å²) < 4.78 is 0. The predicted molar refractivity (Wildman–Crippen MR) is 85.9 cm³/mol. The van der Waals surface area contributed by atoms with Gasteiger partial charge in [0.15, 0.2) is 0 Å². The monoisotopic (exact) mass is 299 g/mol. The molecular formula is C17H17NO2S. The van der Waals surface area contributed by atoms with Gasteiger partial charge in [0, 0.05) is 10.6 Å². The molecule has 0 aromatic heterocycles. The van der Waals surface area contributed by atoms with Crippen LogP contribution >= 0.6 is 11.8 Å². The van der Waals surface area contributed by atoms with E-state index in [1.165, 1.54) is 29.3 Å². The standard InChI is InChI=1S/C17H17NO2S/c19-15-6-1-2-7-16(15)21-11-17(20)18-14-9-8-12-4-3-5-13(12)10-14/h1-2,6-10,19H,3-5,11H2,(H,18,20). The van der Waals surface area contributed by atoms with Gasteiger partial charge in [-0.05, 0) is 54.7 Å². The maximum Gasteiger partial charge on any atom is 0.234 e. The summed E-state index contributed by atoms with van der Waals surface area (Å²) in [6, 6.07) is 13.2. The third-order valence-corrected chi connectivity index (χ3v) is 4.67. The lowest BCUT2D eigenvalue weighted by molar-refractivity contribution is -0.113. The van der Waals surface area contributed by atoms with Crippen LogP contribution in [0, 0.1) is 0 Å². The molecule has 3 nitrogen and oxygen atoms in total. The molecule has 0 atom stereocenters. The Kier molecular flexibility index (Phi) is 4.15. The van der Waals surface area contributed by atoms with Crippen molar-refractivity contribution in [2.45, 2.75) is 24.2 Å². The minimum absolute atomic E-state index is 0.0544. The van der Waals surface area contributed by atoms with Crippen LogP contribution in [0.25, 0.3) is 0 Å². The molecule has 108 valence electrons. The smallest absolute Gasteiger partial charge is 0.234 e. The molecule has 4 heteroatoms. The van der Waals surface area contributed by atoms with Crippen LogP contribution in [0.1, 0.15) is 17.5 Å². The Labute approximate surface area is 128 Å². The highest BCUT2D eigenvalue weighted by Crippen LogP contribution is 2.28. The summed E-state index contributed by atoms with van der Waals surface area (Å²) in [4.78, 5) is 12.7. The largest absolute Gasteiger partial charge is 0.507 e. The van der Waals surface area contributed by atoms with Crippen molar-refractivity contribution in [2.75, 3.05) is 11.1 Å². The number of aryl methyl sites for hydroxylation is 2. The second-order valence-corrected chi connectivity index (χ2v) is 6.16. The molecule has 0 fully saturated rings. The number of aromatic hydroxyl groups is 1. The molecule has 2 aromatic carbocycles. The van der Waals surface area contributed by atoms with Gasteiger partial charge in [-0.2, -0.15) is 0 Å². The van der Waals surface area contributed by atoms with Crippen LogP contribution in [-0.2, 0) is 17.6 Å². The molecule has 3 rings (SSSR count). The van der Waals surface area contributed by atoms with E-state index in [4.69, 9.17) is 0 Å². The Hall–Kier alpha value is -1.94. The van der Waals surface area contributed by atoms with E-state index in [0.717, 1.165) is 23.4 Å². The molecule has 21 heavy (non-hydrogen) atoms. The number of rotatable bonds is 4. The molecule has 0 bridgehead atoms.